The first-order valence-corrected chi connectivity index (χ1v) is 10.1. The minimum atomic E-state index is 0.317. The van der Waals surface area contributed by atoms with E-state index in [-0.39, 0.29) is 0 Å². The molecule has 28 heavy (non-hydrogen) atoms. The average Bonchev–Trinajstić information content (AvgIpc) is 3.35. The van der Waals surface area contributed by atoms with Gasteiger partial charge in [-0.05, 0) is 37.8 Å². The lowest BCUT2D eigenvalue weighted by atomic mass is 9.96. The number of nitrogens with one attached hydrogen (secondary N) is 2. The van der Waals surface area contributed by atoms with E-state index in [9.17, 15) is 0 Å². The van der Waals surface area contributed by atoms with Crippen LogP contribution in [0.25, 0.3) is 0 Å². The lowest BCUT2D eigenvalue weighted by Crippen LogP contribution is -2.47. The molecule has 1 aromatic carbocycles. The monoisotopic (exact) mass is 380 g/mol. The van der Waals surface area contributed by atoms with Gasteiger partial charge in [-0.25, -0.2) is 9.98 Å². The molecule has 2 saturated heterocycles. The maximum atomic E-state index is 5.95. The minimum absolute atomic E-state index is 0.317. The lowest BCUT2D eigenvalue weighted by molar-refractivity contribution is 0.0992. The van der Waals surface area contributed by atoms with E-state index in [1.165, 1.54) is 6.42 Å². The predicted octanol–water partition coefficient (Wildman–Crippen LogP) is 3.04. The molecule has 2 bridgehead atoms. The van der Waals surface area contributed by atoms with Crippen molar-refractivity contribution >= 4 is 5.96 Å². The summed E-state index contributed by atoms with van der Waals surface area (Å²) in [7, 11) is 0. The topological polar surface area (TPSA) is 67.8 Å². The van der Waals surface area contributed by atoms with Crippen LogP contribution >= 0.6 is 0 Å². The molecule has 1 aromatic heterocycles. The van der Waals surface area contributed by atoms with Crippen LogP contribution in [0.15, 0.2) is 53.7 Å². The van der Waals surface area contributed by atoms with E-state index in [2.05, 4.69) is 22.5 Å². The van der Waals surface area contributed by atoms with Gasteiger partial charge in [0.2, 0.25) is 5.88 Å². The van der Waals surface area contributed by atoms with Gasteiger partial charge in [0, 0.05) is 18.3 Å². The van der Waals surface area contributed by atoms with Gasteiger partial charge in [-0.1, -0.05) is 36.4 Å². The summed E-state index contributed by atoms with van der Waals surface area (Å²) >= 11 is 0. The van der Waals surface area contributed by atoms with Gasteiger partial charge < -0.3 is 20.1 Å². The zero-order valence-corrected chi connectivity index (χ0v) is 16.3. The molecule has 2 fully saturated rings. The Morgan fingerprint density at radius 2 is 2.11 bits per heavy atom. The number of pyridine rings is 1. The van der Waals surface area contributed by atoms with E-state index in [1.807, 2.05) is 42.5 Å². The summed E-state index contributed by atoms with van der Waals surface area (Å²) in [6, 6.07) is 14.4. The van der Waals surface area contributed by atoms with E-state index in [4.69, 9.17) is 14.5 Å². The molecule has 0 aliphatic carbocycles. The van der Waals surface area contributed by atoms with Gasteiger partial charge in [0.25, 0.3) is 0 Å². The number of rotatable bonds is 7. The Labute approximate surface area is 166 Å². The minimum Gasteiger partial charge on any atom is -0.473 e. The van der Waals surface area contributed by atoms with Crippen molar-refractivity contribution in [3.05, 3.63) is 59.8 Å². The summed E-state index contributed by atoms with van der Waals surface area (Å²) in [6.45, 7) is 3.90. The van der Waals surface area contributed by atoms with Crippen LogP contribution in [0.2, 0.25) is 0 Å². The molecule has 4 rings (SSSR count). The number of aliphatic imine (C=N–C) groups is 1. The summed E-state index contributed by atoms with van der Waals surface area (Å²) in [5, 5.41) is 6.89. The Morgan fingerprint density at radius 1 is 1.21 bits per heavy atom. The van der Waals surface area contributed by atoms with Crippen molar-refractivity contribution in [3.63, 3.8) is 0 Å². The molecule has 0 radical (unpaired) electrons. The molecular weight excluding hydrogens is 352 g/mol. The third-order valence-corrected chi connectivity index (χ3v) is 5.25. The first-order valence-electron chi connectivity index (χ1n) is 10.1. The Kier molecular flexibility index (Phi) is 6.07. The molecule has 2 aliphatic heterocycles. The van der Waals surface area contributed by atoms with Gasteiger partial charge in [0.15, 0.2) is 5.96 Å². The van der Waals surface area contributed by atoms with Crippen LogP contribution in [0, 0.1) is 0 Å². The lowest BCUT2D eigenvalue weighted by Gasteiger charge is -2.22. The van der Waals surface area contributed by atoms with Gasteiger partial charge in [-0.15, -0.1) is 0 Å². The fourth-order valence-electron chi connectivity index (χ4n) is 3.85. The number of guanidine groups is 1. The van der Waals surface area contributed by atoms with E-state index in [1.54, 1.807) is 6.20 Å². The SMILES string of the molecule is CCNC(=NCc1cccnc1OCc1ccccc1)NC1CC2CCC1O2. The molecule has 148 valence electrons. The zero-order chi connectivity index (χ0) is 19.2. The van der Waals surface area contributed by atoms with E-state index in [0.29, 0.717) is 37.3 Å². The number of aromatic nitrogens is 1. The molecule has 2 aromatic rings. The second-order valence-corrected chi connectivity index (χ2v) is 7.30. The van der Waals surface area contributed by atoms with Crippen LogP contribution in [0.3, 0.4) is 0 Å². The van der Waals surface area contributed by atoms with Crippen LogP contribution in [0.5, 0.6) is 5.88 Å². The number of nitrogens with zero attached hydrogens (tertiary/aromatic N) is 2. The van der Waals surface area contributed by atoms with Crippen LogP contribution in [0.4, 0.5) is 0 Å². The zero-order valence-electron chi connectivity index (χ0n) is 16.3. The third kappa shape index (κ3) is 4.62. The van der Waals surface area contributed by atoms with Crippen molar-refractivity contribution in [1.29, 1.82) is 0 Å². The Bertz CT molecular complexity index is 796. The molecule has 2 N–H and O–H groups in total. The van der Waals surface area contributed by atoms with Gasteiger partial charge in [0.1, 0.15) is 6.61 Å². The predicted molar refractivity (Wildman–Crippen MR) is 109 cm³/mol. The molecule has 0 saturated carbocycles. The number of fused-ring (bicyclic) bond motifs is 2. The van der Waals surface area contributed by atoms with E-state index < -0.39 is 0 Å². The van der Waals surface area contributed by atoms with Crippen LogP contribution in [0.1, 0.15) is 37.3 Å². The fraction of sp³-hybridized carbons (Fsp3) is 0.455. The molecule has 0 amide bonds. The van der Waals surface area contributed by atoms with Gasteiger partial charge >= 0.3 is 0 Å². The summed E-state index contributed by atoms with van der Waals surface area (Å²) in [5.41, 5.74) is 2.09. The van der Waals surface area contributed by atoms with Crippen molar-refractivity contribution in [3.8, 4) is 5.88 Å². The number of hydrogen-bond acceptors (Lipinski definition) is 4. The number of hydrogen-bond donors (Lipinski definition) is 2. The second-order valence-electron chi connectivity index (χ2n) is 7.30. The first-order chi connectivity index (χ1) is 13.8. The molecule has 3 unspecified atom stereocenters. The Hall–Kier alpha value is -2.60. The van der Waals surface area contributed by atoms with Gasteiger partial charge in [0.05, 0.1) is 24.8 Å². The Balaban J connectivity index is 1.40. The molecule has 2 aliphatic rings. The second kappa shape index (κ2) is 9.06. The van der Waals surface area contributed by atoms with Crippen molar-refractivity contribution in [2.45, 2.75) is 57.6 Å². The summed E-state index contributed by atoms with van der Waals surface area (Å²) < 4.78 is 11.9. The molecule has 0 spiro atoms. The summed E-state index contributed by atoms with van der Waals surface area (Å²) in [5.74, 6) is 1.45. The van der Waals surface area contributed by atoms with E-state index >= 15 is 0 Å². The fourth-order valence-corrected chi connectivity index (χ4v) is 3.85. The maximum absolute atomic E-state index is 5.95. The molecule has 3 atom stereocenters. The number of benzene rings is 1. The highest BCUT2D eigenvalue weighted by atomic mass is 16.5. The standard InChI is InChI=1S/C22H28N4O2/c1-2-23-22(26-19-13-18-10-11-20(19)28-18)25-14-17-9-6-12-24-21(17)27-15-16-7-4-3-5-8-16/h3-9,12,18-20H,2,10-11,13-15H2,1H3,(H2,23,25,26). The summed E-state index contributed by atoms with van der Waals surface area (Å²) in [4.78, 5) is 9.17. The van der Waals surface area contributed by atoms with Crippen molar-refractivity contribution in [1.82, 2.24) is 15.6 Å². The summed E-state index contributed by atoms with van der Waals surface area (Å²) in [6.07, 6.45) is 5.88. The van der Waals surface area contributed by atoms with E-state index in [0.717, 1.165) is 36.5 Å². The van der Waals surface area contributed by atoms with Crippen LogP contribution in [-0.4, -0.2) is 35.7 Å². The quantitative estimate of drug-likeness (QED) is 0.571. The van der Waals surface area contributed by atoms with Crippen LogP contribution < -0.4 is 15.4 Å². The van der Waals surface area contributed by atoms with Crippen molar-refractivity contribution < 1.29 is 9.47 Å². The molecule has 6 nitrogen and oxygen atoms in total. The van der Waals surface area contributed by atoms with Crippen molar-refractivity contribution in [2.24, 2.45) is 4.99 Å². The smallest absolute Gasteiger partial charge is 0.218 e. The molecule has 3 heterocycles. The third-order valence-electron chi connectivity index (χ3n) is 5.25. The number of ether oxygens (including phenoxy) is 2. The van der Waals surface area contributed by atoms with Gasteiger partial charge in [-0.3, -0.25) is 0 Å². The highest BCUT2D eigenvalue weighted by Crippen LogP contribution is 2.34. The first kappa shape index (κ1) is 18.7. The van der Waals surface area contributed by atoms with Gasteiger partial charge in [-0.2, -0.15) is 0 Å². The average molecular weight is 380 g/mol. The Morgan fingerprint density at radius 3 is 2.86 bits per heavy atom. The largest absolute Gasteiger partial charge is 0.473 e. The highest BCUT2D eigenvalue weighted by Gasteiger charge is 2.41. The van der Waals surface area contributed by atoms with Crippen LogP contribution in [-0.2, 0) is 17.9 Å². The molecular formula is C22H28N4O2. The maximum Gasteiger partial charge on any atom is 0.218 e. The highest BCUT2D eigenvalue weighted by molar-refractivity contribution is 5.80. The normalized spacial score (nSPS) is 23.6. The molecule has 6 heteroatoms. The van der Waals surface area contributed by atoms with Crippen molar-refractivity contribution in [2.75, 3.05) is 6.54 Å².